The molecule has 10 rings (SSSR count). The van der Waals surface area contributed by atoms with Crippen molar-refractivity contribution in [2.45, 2.75) is 120 Å². The van der Waals surface area contributed by atoms with Gasteiger partial charge in [0.1, 0.15) is 23.4 Å². The molecule has 4 heterocycles. The molecule has 2 saturated carbocycles. The Hall–Kier alpha value is -5.31. The van der Waals surface area contributed by atoms with Gasteiger partial charge in [0.25, 0.3) is 5.91 Å². The Morgan fingerprint density at radius 2 is 1.66 bits per heavy atom. The summed E-state index contributed by atoms with van der Waals surface area (Å²) >= 11 is 0. The van der Waals surface area contributed by atoms with Crippen molar-refractivity contribution >= 4 is 28.4 Å². The van der Waals surface area contributed by atoms with Crippen LogP contribution in [0.15, 0.2) is 85.1 Å². The van der Waals surface area contributed by atoms with Crippen molar-refractivity contribution in [2.75, 3.05) is 38.7 Å². The average Bonchev–Trinajstić information content (AvgIpc) is 3.75. The van der Waals surface area contributed by atoms with Gasteiger partial charge in [0.05, 0.1) is 36.4 Å². The Labute approximate surface area is 390 Å². The van der Waals surface area contributed by atoms with Crippen molar-refractivity contribution in [3.63, 3.8) is 0 Å². The third-order valence-corrected chi connectivity index (χ3v) is 15.6. The number of alkyl halides is 3. The summed E-state index contributed by atoms with van der Waals surface area (Å²) in [6.07, 6.45) is 12.7. The molecule has 3 aliphatic carbocycles. The van der Waals surface area contributed by atoms with Crippen molar-refractivity contribution in [2.24, 2.45) is 17.3 Å². The van der Waals surface area contributed by atoms with Crippen LogP contribution in [0.25, 0.3) is 10.9 Å². The average molecular weight is 918 g/mol. The van der Waals surface area contributed by atoms with Crippen LogP contribution in [0.3, 0.4) is 0 Å². The maximum atomic E-state index is 13.7. The molecule has 354 valence electrons. The number of aryl methyl sites for hydroxylation is 1. The number of anilines is 1. The second-order valence-electron chi connectivity index (χ2n) is 20.0. The Bertz CT molecular complexity index is 2560. The molecule has 0 radical (unpaired) electrons. The zero-order valence-electron chi connectivity index (χ0n) is 38.3. The van der Waals surface area contributed by atoms with E-state index < -0.39 is 17.8 Å². The summed E-state index contributed by atoms with van der Waals surface area (Å²) in [5.74, 6) is 1.09. The molecule has 3 aromatic carbocycles. The number of rotatable bonds is 13. The van der Waals surface area contributed by atoms with Crippen LogP contribution in [-0.2, 0) is 28.5 Å². The van der Waals surface area contributed by atoms with Gasteiger partial charge in [0, 0.05) is 30.8 Å². The fourth-order valence-corrected chi connectivity index (χ4v) is 12.0. The Morgan fingerprint density at radius 3 is 2.43 bits per heavy atom. The molecule has 0 bridgehead atoms. The van der Waals surface area contributed by atoms with Crippen LogP contribution >= 0.6 is 0 Å². The van der Waals surface area contributed by atoms with Gasteiger partial charge in [-0.25, -0.2) is 4.98 Å². The van der Waals surface area contributed by atoms with Crippen LogP contribution in [-0.4, -0.2) is 70.9 Å². The standard InChI is InChI=1S/C53H62F3N7O4/c1-66-47-29-44-38(28-45(47)59-49(64)43-16-7-17-48(57-43)53(54,55)56)33-63(61-44)39-20-18-34(19-21-39)32-62-24-22-52(23-25-62)30-35(31-52)9-8-26-67-51-41-14-5-3-11-37(41)27-46(60-51)50(65)58-42-15-6-12-36-10-2-4-13-40(36)42/h2-5,7,10-11,13-14,16-17,28-29,33-35,39,42,46,51,60H,6,8-9,12,15,18-27,30-32H2,1H3,(H,58,65)(H,59,64)/t34?,39?,42-,46?,51?/m1/s1. The summed E-state index contributed by atoms with van der Waals surface area (Å²) in [6.45, 7) is 4.19. The molecule has 14 heteroatoms. The molecular weight excluding hydrogens is 856 g/mol. The van der Waals surface area contributed by atoms with E-state index in [0.717, 1.165) is 86.4 Å². The predicted molar refractivity (Wildman–Crippen MR) is 251 cm³/mol. The zero-order valence-corrected chi connectivity index (χ0v) is 38.3. The minimum atomic E-state index is -4.65. The largest absolute Gasteiger partial charge is 0.494 e. The number of nitrogens with one attached hydrogen (secondary N) is 3. The smallest absolute Gasteiger partial charge is 0.433 e. The van der Waals surface area contributed by atoms with E-state index in [1.807, 2.05) is 10.9 Å². The summed E-state index contributed by atoms with van der Waals surface area (Å²) in [5, 5.41) is 15.3. The van der Waals surface area contributed by atoms with Gasteiger partial charge < -0.3 is 25.0 Å². The molecule has 2 aliphatic heterocycles. The number of hydrogen-bond donors (Lipinski definition) is 3. The molecule has 11 nitrogen and oxygen atoms in total. The minimum Gasteiger partial charge on any atom is -0.494 e. The number of halogens is 3. The van der Waals surface area contributed by atoms with Gasteiger partial charge in [-0.05, 0) is 161 Å². The van der Waals surface area contributed by atoms with Crippen molar-refractivity contribution < 1.29 is 32.2 Å². The summed E-state index contributed by atoms with van der Waals surface area (Å²) in [7, 11) is 1.48. The number of ether oxygens (including phenoxy) is 2. The molecule has 2 unspecified atom stereocenters. The lowest BCUT2D eigenvalue weighted by Crippen LogP contribution is -2.51. The lowest BCUT2D eigenvalue weighted by Gasteiger charge is -2.53. The molecule has 67 heavy (non-hydrogen) atoms. The Morgan fingerprint density at radius 1 is 0.896 bits per heavy atom. The maximum Gasteiger partial charge on any atom is 0.433 e. The van der Waals surface area contributed by atoms with E-state index in [2.05, 4.69) is 74.4 Å². The number of carbonyl (C=O) groups excluding carboxylic acids is 2. The minimum absolute atomic E-state index is 0.0523. The van der Waals surface area contributed by atoms with Gasteiger partial charge in [0.2, 0.25) is 5.91 Å². The van der Waals surface area contributed by atoms with E-state index in [9.17, 15) is 22.8 Å². The molecule has 3 N–H and O–H groups in total. The molecular formula is C53H62F3N7O4. The number of piperidine rings is 1. The van der Waals surface area contributed by atoms with E-state index in [1.54, 1.807) is 12.1 Å². The summed E-state index contributed by atoms with van der Waals surface area (Å²) in [4.78, 5) is 32.8. The summed E-state index contributed by atoms with van der Waals surface area (Å²) in [5.41, 5.74) is 5.04. The van der Waals surface area contributed by atoms with Crippen molar-refractivity contribution in [3.8, 4) is 5.75 Å². The van der Waals surface area contributed by atoms with Crippen LogP contribution in [0.4, 0.5) is 18.9 Å². The lowest BCUT2D eigenvalue weighted by atomic mass is 9.56. The maximum absolute atomic E-state index is 13.7. The number of nitrogens with zero attached hydrogens (tertiary/aromatic N) is 4. The number of methoxy groups -OCH3 is 1. The first-order valence-electron chi connectivity index (χ1n) is 24.5. The number of likely N-dealkylation sites (tertiary alicyclic amines) is 1. The second-order valence-corrected chi connectivity index (χ2v) is 20.0. The zero-order chi connectivity index (χ0) is 46.1. The van der Waals surface area contributed by atoms with E-state index in [4.69, 9.17) is 14.6 Å². The van der Waals surface area contributed by atoms with E-state index in [1.165, 1.54) is 81.1 Å². The Kier molecular flexibility index (Phi) is 13.1. The van der Waals surface area contributed by atoms with Gasteiger partial charge in [-0.3, -0.25) is 19.6 Å². The topological polar surface area (TPSA) is 123 Å². The van der Waals surface area contributed by atoms with Crippen molar-refractivity contribution in [1.82, 2.24) is 30.3 Å². The fourth-order valence-electron chi connectivity index (χ4n) is 12.0. The highest BCUT2D eigenvalue weighted by molar-refractivity contribution is 6.05. The number of hydrogen-bond acceptors (Lipinski definition) is 8. The first-order chi connectivity index (χ1) is 32.5. The fraction of sp³-hybridized carbons (Fsp3) is 0.509. The summed E-state index contributed by atoms with van der Waals surface area (Å²) in [6, 6.07) is 23.6. The Balaban J connectivity index is 0.644. The van der Waals surface area contributed by atoms with Crippen LogP contribution in [0.2, 0.25) is 0 Å². The molecule has 1 saturated heterocycles. The number of pyridine rings is 1. The molecule has 1 spiro atoms. The number of benzene rings is 3. The predicted octanol–water partition coefficient (Wildman–Crippen LogP) is 10.1. The first-order valence-corrected chi connectivity index (χ1v) is 24.5. The number of fused-ring (bicyclic) bond motifs is 3. The molecule has 5 aliphatic rings. The van der Waals surface area contributed by atoms with Gasteiger partial charge in [-0.2, -0.15) is 18.3 Å². The second kappa shape index (κ2) is 19.4. The monoisotopic (exact) mass is 917 g/mol. The summed E-state index contributed by atoms with van der Waals surface area (Å²) < 4.78 is 53.7. The number of aromatic nitrogens is 3. The first kappa shape index (κ1) is 45.5. The highest BCUT2D eigenvalue weighted by Gasteiger charge is 2.45. The van der Waals surface area contributed by atoms with Gasteiger partial charge in [-0.1, -0.05) is 54.6 Å². The van der Waals surface area contributed by atoms with Crippen LogP contribution in [0.1, 0.15) is 134 Å². The molecule has 2 aromatic heterocycles. The molecule has 3 fully saturated rings. The lowest BCUT2D eigenvalue weighted by molar-refractivity contribution is -0.141. The van der Waals surface area contributed by atoms with Crippen LogP contribution < -0.4 is 20.7 Å². The van der Waals surface area contributed by atoms with E-state index in [0.29, 0.717) is 35.8 Å². The van der Waals surface area contributed by atoms with Crippen LogP contribution in [0, 0.1) is 17.3 Å². The molecule has 3 atom stereocenters. The number of carbonyl (C=O) groups is 2. The van der Waals surface area contributed by atoms with E-state index >= 15 is 0 Å². The number of amides is 2. The quantitative estimate of drug-likeness (QED) is 0.0999. The van der Waals surface area contributed by atoms with Crippen molar-refractivity contribution in [3.05, 3.63) is 119 Å². The normalized spacial score (nSPS) is 24.1. The van der Waals surface area contributed by atoms with Crippen molar-refractivity contribution in [1.29, 1.82) is 0 Å². The van der Waals surface area contributed by atoms with E-state index in [-0.39, 0.29) is 36.0 Å². The van der Waals surface area contributed by atoms with Gasteiger partial charge in [0.15, 0.2) is 0 Å². The third kappa shape index (κ3) is 10.1. The molecule has 2 amide bonds. The van der Waals surface area contributed by atoms with Gasteiger partial charge >= 0.3 is 6.18 Å². The SMILES string of the molecule is COc1cc2nn(C3CCC(CN4CCC5(CC4)CC(CCCOC4NC(C(=O)N[C@@H]6CCCc7ccccc76)Cc6ccccc64)C5)CC3)cc2cc1NC(=O)c1cccc(C(F)(F)F)n1. The van der Waals surface area contributed by atoms with Crippen LogP contribution in [0.5, 0.6) is 5.75 Å². The highest BCUT2D eigenvalue weighted by atomic mass is 19.4. The van der Waals surface area contributed by atoms with Gasteiger partial charge in [-0.15, -0.1) is 0 Å². The third-order valence-electron chi connectivity index (χ3n) is 15.6. The molecule has 5 aromatic rings. The highest BCUT2D eigenvalue weighted by Crippen LogP contribution is 2.54.